The predicted molar refractivity (Wildman–Crippen MR) is 121 cm³/mol. The Labute approximate surface area is 173 Å². The van der Waals surface area contributed by atoms with Crippen molar-refractivity contribution in [2.45, 2.75) is 6.42 Å². The van der Waals surface area contributed by atoms with Gasteiger partial charge in [0, 0.05) is 23.6 Å². The van der Waals surface area contributed by atoms with Crippen LogP contribution in [0.2, 0.25) is 0 Å². The summed E-state index contributed by atoms with van der Waals surface area (Å²) < 4.78 is 0. The van der Waals surface area contributed by atoms with Gasteiger partial charge in [-0.25, -0.2) is 0 Å². The van der Waals surface area contributed by atoms with E-state index >= 15 is 0 Å². The lowest BCUT2D eigenvalue weighted by Gasteiger charge is -2.08. The molecule has 0 atom stereocenters. The second-order valence-corrected chi connectivity index (χ2v) is 6.41. The van der Waals surface area contributed by atoms with E-state index in [2.05, 4.69) is 34.0 Å². The van der Waals surface area contributed by atoms with Gasteiger partial charge >= 0.3 is 0 Å². The number of carbonyl (C=O) groups is 2. The molecule has 0 fully saturated rings. The van der Waals surface area contributed by atoms with Crippen LogP contribution in [0.5, 0.6) is 0 Å². The molecule has 2 amide bonds. The lowest BCUT2D eigenvalue weighted by molar-refractivity contribution is -0.116. The second kappa shape index (κ2) is 13.7. The van der Waals surface area contributed by atoms with Gasteiger partial charge < -0.3 is 20.9 Å². The fourth-order valence-electron chi connectivity index (χ4n) is 2.20. The first-order chi connectivity index (χ1) is 13.9. The largest absolute Gasteiger partial charge is 0.356 e. The number of hydrogen-bond acceptors (Lipinski definition) is 4. The van der Waals surface area contributed by atoms with Gasteiger partial charge in [-0.05, 0) is 75.6 Å². The lowest BCUT2D eigenvalue weighted by Crippen LogP contribution is -2.25. The number of amides is 2. The van der Waals surface area contributed by atoms with Gasteiger partial charge in [0.15, 0.2) is 0 Å². The van der Waals surface area contributed by atoms with Crippen molar-refractivity contribution in [2.75, 3.05) is 37.8 Å². The molecule has 3 N–H and O–H groups in total. The SMILES string of the molecule is C=CC(=O)NCCCN(C)C.C=CC(=O)Nc1ccc(Nc2ccccc2)cc1. The van der Waals surface area contributed by atoms with Crippen molar-refractivity contribution < 1.29 is 9.59 Å². The predicted octanol–water partition coefficient (Wildman–Crippen LogP) is 3.80. The van der Waals surface area contributed by atoms with E-state index in [-0.39, 0.29) is 11.8 Å². The molecule has 0 saturated carbocycles. The van der Waals surface area contributed by atoms with Gasteiger partial charge in [-0.2, -0.15) is 0 Å². The van der Waals surface area contributed by atoms with Crippen LogP contribution in [0.25, 0.3) is 0 Å². The number of nitrogens with zero attached hydrogens (tertiary/aromatic N) is 1. The number of benzene rings is 2. The van der Waals surface area contributed by atoms with Gasteiger partial charge in [0.05, 0.1) is 0 Å². The molecule has 0 aromatic heterocycles. The summed E-state index contributed by atoms with van der Waals surface area (Å²) in [4.78, 5) is 23.8. The Morgan fingerprint density at radius 1 is 0.862 bits per heavy atom. The number of anilines is 3. The highest BCUT2D eigenvalue weighted by atomic mass is 16.2. The van der Waals surface area contributed by atoms with Gasteiger partial charge in [0.1, 0.15) is 0 Å². The third-order valence-electron chi connectivity index (χ3n) is 3.67. The first kappa shape index (κ1) is 23.7. The molecule has 0 saturated heterocycles. The van der Waals surface area contributed by atoms with Crippen molar-refractivity contribution in [3.05, 3.63) is 79.9 Å². The molecule has 0 bridgehead atoms. The minimum atomic E-state index is -0.209. The molecule has 2 rings (SSSR count). The van der Waals surface area contributed by atoms with Crippen LogP contribution in [0.4, 0.5) is 17.1 Å². The van der Waals surface area contributed by atoms with Crippen molar-refractivity contribution in [1.29, 1.82) is 0 Å². The van der Waals surface area contributed by atoms with Crippen LogP contribution in [0.3, 0.4) is 0 Å². The second-order valence-electron chi connectivity index (χ2n) is 6.41. The first-order valence-electron chi connectivity index (χ1n) is 9.35. The maximum atomic E-state index is 11.1. The van der Waals surface area contributed by atoms with Crippen molar-refractivity contribution in [2.24, 2.45) is 0 Å². The summed E-state index contributed by atoms with van der Waals surface area (Å²) in [7, 11) is 4.02. The first-order valence-corrected chi connectivity index (χ1v) is 9.35. The zero-order valence-electron chi connectivity index (χ0n) is 17.2. The molecule has 0 aliphatic heterocycles. The molecule has 29 heavy (non-hydrogen) atoms. The fourth-order valence-corrected chi connectivity index (χ4v) is 2.20. The Bertz CT molecular complexity index is 771. The zero-order valence-corrected chi connectivity index (χ0v) is 17.2. The van der Waals surface area contributed by atoms with E-state index in [1.165, 1.54) is 12.2 Å². The van der Waals surface area contributed by atoms with Crippen LogP contribution < -0.4 is 16.0 Å². The Morgan fingerprint density at radius 3 is 1.97 bits per heavy atom. The smallest absolute Gasteiger partial charge is 0.247 e. The van der Waals surface area contributed by atoms with Crippen molar-refractivity contribution in [3.8, 4) is 0 Å². The highest BCUT2D eigenvalue weighted by Crippen LogP contribution is 2.18. The van der Waals surface area contributed by atoms with Crippen LogP contribution in [-0.2, 0) is 9.59 Å². The summed E-state index contributed by atoms with van der Waals surface area (Å²) in [5.41, 5.74) is 2.75. The van der Waals surface area contributed by atoms with Crippen LogP contribution >= 0.6 is 0 Å². The normalized spacial score (nSPS) is 9.62. The van der Waals surface area contributed by atoms with E-state index in [1.54, 1.807) is 0 Å². The molecule has 0 spiro atoms. The molecule has 2 aromatic carbocycles. The molecule has 6 nitrogen and oxygen atoms in total. The number of rotatable bonds is 9. The Morgan fingerprint density at radius 2 is 1.41 bits per heavy atom. The molecule has 154 valence electrons. The molecular formula is C23H30N4O2. The summed E-state index contributed by atoms with van der Waals surface area (Å²) in [5, 5.41) is 8.67. The zero-order chi connectivity index (χ0) is 21.5. The maximum Gasteiger partial charge on any atom is 0.247 e. The summed E-state index contributed by atoms with van der Waals surface area (Å²) in [6.07, 6.45) is 3.51. The molecule has 0 unspecified atom stereocenters. The molecule has 2 aromatic rings. The van der Waals surface area contributed by atoms with Crippen LogP contribution in [0, 0.1) is 0 Å². The van der Waals surface area contributed by atoms with Gasteiger partial charge in [-0.3, -0.25) is 9.59 Å². The van der Waals surface area contributed by atoms with Crippen LogP contribution in [0.1, 0.15) is 6.42 Å². The molecule has 6 heteroatoms. The van der Waals surface area contributed by atoms with Crippen molar-refractivity contribution >= 4 is 28.9 Å². The summed E-state index contributed by atoms with van der Waals surface area (Å²) in [5.74, 6) is -0.303. The van der Waals surface area contributed by atoms with E-state index in [9.17, 15) is 9.59 Å². The van der Waals surface area contributed by atoms with Gasteiger partial charge in [0.25, 0.3) is 0 Å². The van der Waals surface area contributed by atoms with Gasteiger partial charge in [-0.1, -0.05) is 31.4 Å². The maximum absolute atomic E-state index is 11.1. The van der Waals surface area contributed by atoms with E-state index in [0.29, 0.717) is 0 Å². The van der Waals surface area contributed by atoms with Gasteiger partial charge in [0.2, 0.25) is 11.8 Å². The molecule has 0 aliphatic rings. The Balaban J connectivity index is 0.000000331. The number of carbonyl (C=O) groups excluding carboxylic acids is 2. The lowest BCUT2D eigenvalue weighted by atomic mass is 10.2. The van der Waals surface area contributed by atoms with E-state index in [1.807, 2.05) is 68.7 Å². The standard InChI is InChI=1S/C15H14N2O.C8H16N2O/c1-2-15(18)17-14-10-8-13(9-11-14)16-12-6-4-3-5-7-12;1-4-8(11)9-6-5-7-10(2)3/h2-11,16H,1H2,(H,17,18);4H,1,5-7H2,2-3H3,(H,9,11). The minimum Gasteiger partial charge on any atom is -0.356 e. The van der Waals surface area contributed by atoms with Gasteiger partial charge in [-0.15, -0.1) is 0 Å². The topological polar surface area (TPSA) is 73.5 Å². The fraction of sp³-hybridized carbons (Fsp3) is 0.217. The summed E-state index contributed by atoms with van der Waals surface area (Å²) in [6.45, 7) is 8.48. The summed E-state index contributed by atoms with van der Waals surface area (Å²) >= 11 is 0. The Hall–Kier alpha value is -3.38. The molecule has 0 aliphatic carbocycles. The Kier molecular flexibility index (Phi) is 11.2. The number of hydrogen-bond donors (Lipinski definition) is 3. The number of nitrogens with one attached hydrogen (secondary N) is 3. The average Bonchev–Trinajstić information content (AvgIpc) is 2.73. The quantitative estimate of drug-likeness (QED) is 0.447. The highest BCUT2D eigenvalue weighted by Gasteiger charge is 1.98. The monoisotopic (exact) mass is 394 g/mol. The van der Waals surface area contributed by atoms with E-state index in [4.69, 9.17) is 0 Å². The average molecular weight is 395 g/mol. The molecule has 0 radical (unpaired) electrons. The minimum absolute atomic E-state index is 0.0937. The van der Waals surface area contributed by atoms with E-state index in [0.717, 1.165) is 36.6 Å². The highest BCUT2D eigenvalue weighted by molar-refractivity contribution is 5.98. The molecular weight excluding hydrogens is 364 g/mol. The van der Waals surface area contributed by atoms with Crippen molar-refractivity contribution in [1.82, 2.24) is 10.2 Å². The van der Waals surface area contributed by atoms with Crippen LogP contribution in [0.15, 0.2) is 79.9 Å². The number of para-hydroxylation sites is 1. The van der Waals surface area contributed by atoms with E-state index < -0.39 is 0 Å². The third-order valence-corrected chi connectivity index (χ3v) is 3.67. The summed E-state index contributed by atoms with van der Waals surface area (Å²) in [6, 6.07) is 17.4. The van der Waals surface area contributed by atoms with Crippen molar-refractivity contribution in [3.63, 3.8) is 0 Å². The van der Waals surface area contributed by atoms with Crippen LogP contribution in [-0.4, -0.2) is 43.9 Å². The third kappa shape index (κ3) is 11.1. The molecule has 0 heterocycles.